The number of rotatable bonds is 8. The number of hydrogen-bond acceptors (Lipinski definition) is 2. The summed E-state index contributed by atoms with van der Waals surface area (Å²) in [6, 6.07) is 8.30. The SMILES string of the molecule is CCc1ccccc1OCCCCCCS. The van der Waals surface area contributed by atoms with Crippen LogP contribution in [-0.2, 0) is 6.42 Å². The highest BCUT2D eigenvalue weighted by Crippen LogP contribution is 2.18. The van der Waals surface area contributed by atoms with E-state index in [4.69, 9.17) is 4.74 Å². The highest BCUT2D eigenvalue weighted by molar-refractivity contribution is 7.80. The second kappa shape index (κ2) is 8.51. The minimum atomic E-state index is 0.837. The fourth-order valence-electron chi connectivity index (χ4n) is 1.69. The summed E-state index contributed by atoms with van der Waals surface area (Å²) < 4.78 is 5.79. The molecule has 16 heavy (non-hydrogen) atoms. The Balaban J connectivity index is 2.21. The molecule has 1 aromatic carbocycles. The molecular weight excluding hydrogens is 216 g/mol. The van der Waals surface area contributed by atoms with Gasteiger partial charge in [0.1, 0.15) is 5.75 Å². The van der Waals surface area contributed by atoms with E-state index in [-0.39, 0.29) is 0 Å². The van der Waals surface area contributed by atoms with E-state index in [0.29, 0.717) is 0 Å². The van der Waals surface area contributed by atoms with Crippen molar-refractivity contribution in [3.05, 3.63) is 29.8 Å². The number of thiol groups is 1. The molecule has 0 spiro atoms. The first-order valence-electron chi connectivity index (χ1n) is 6.20. The van der Waals surface area contributed by atoms with Gasteiger partial charge in [0.15, 0.2) is 0 Å². The monoisotopic (exact) mass is 238 g/mol. The number of hydrogen-bond donors (Lipinski definition) is 1. The molecule has 2 heteroatoms. The Kier molecular flexibility index (Phi) is 7.15. The highest BCUT2D eigenvalue weighted by Gasteiger charge is 1.99. The van der Waals surface area contributed by atoms with Crippen molar-refractivity contribution in [1.82, 2.24) is 0 Å². The van der Waals surface area contributed by atoms with Crippen molar-refractivity contribution < 1.29 is 4.74 Å². The zero-order chi connectivity index (χ0) is 11.6. The fourth-order valence-corrected chi connectivity index (χ4v) is 1.91. The van der Waals surface area contributed by atoms with E-state index in [9.17, 15) is 0 Å². The maximum Gasteiger partial charge on any atom is 0.122 e. The molecule has 0 aromatic heterocycles. The van der Waals surface area contributed by atoms with E-state index in [0.717, 1.165) is 31.0 Å². The molecule has 0 aliphatic carbocycles. The van der Waals surface area contributed by atoms with Crippen LogP contribution in [0.2, 0.25) is 0 Å². The van der Waals surface area contributed by atoms with Crippen LogP contribution in [0.3, 0.4) is 0 Å². The normalized spacial score (nSPS) is 10.4. The van der Waals surface area contributed by atoms with Crippen LogP contribution >= 0.6 is 12.6 Å². The van der Waals surface area contributed by atoms with Gasteiger partial charge in [0.2, 0.25) is 0 Å². The predicted molar refractivity (Wildman–Crippen MR) is 73.6 cm³/mol. The smallest absolute Gasteiger partial charge is 0.122 e. The number of benzene rings is 1. The lowest BCUT2D eigenvalue weighted by Crippen LogP contribution is -1.99. The van der Waals surface area contributed by atoms with E-state index >= 15 is 0 Å². The standard InChI is InChI=1S/C14H22OS/c1-2-13-9-5-6-10-14(13)15-11-7-3-4-8-12-16/h5-6,9-10,16H,2-4,7-8,11-12H2,1H3. The molecule has 0 aliphatic rings. The molecule has 0 heterocycles. The molecule has 0 fully saturated rings. The van der Waals surface area contributed by atoms with Crippen molar-refractivity contribution in [2.45, 2.75) is 39.0 Å². The third-order valence-electron chi connectivity index (χ3n) is 2.66. The molecule has 90 valence electrons. The maximum absolute atomic E-state index is 5.79. The third kappa shape index (κ3) is 4.93. The molecule has 1 nitrogen and oxygen atoms in total. The zero-order valence-electron chi connectivity index (χ0n) is 10.1. The molecule has 0 aliphatic heterocycles. The van der Waals surface area contributed by atoms with Crippen LogP contribution in [0.15, 0.2) is 24.3 Å². The van der Waals surface area contributed by atoms with Gasteiger partial charge in [0, 0.05) is 0 Å². The lowest BCUT2D eigenvalue weighted by molar-refractivity contribution is 0.302. The molecule has 0 bridgehead atoms. The van der Waals surface area contributed by atoms with Gasteiger partial charge in [-0.05, 0) is 36.6 Å². The van der Waals surface area contributed by atoms with Gasteiger partial charge in [-0.3, -0.25) is 0 Å². The summed E-state index contributed by atoms with van der Waals surface area (Å²) in [6.07, 6.45) is 5.91. The van der Waals surface area contributed by atoms with E-state index in [2.05, 4.69) is 37.8 Å². The van der Waals surface area contributed by atoms with Crippen LogP contribution in [0, 0.1) is 0 Å². The van der Waals surface area contributed by atoms with Crippen molar-refractivity contribution in [2.75, 3.05) is 12.4 Å². The number of unbranched alkanes of at least 4 members (excludes halogenated alkanes) is 3. The van der Waals surface area contributed by atoms with Crippen LogP contribution < -0.4 is 4.74 Å². The third-order valence-corrected chi connectivity index (χ3v) is 2.98. The van der Waals surface area contributed by atoms with Gasteiger partial charge in [-0.1, -0.05) is 38.0 Å². The first kappa shape index (κ1) is 13.4. The van der Waals surface area contributed by atoms with Gasteiger partial charge in [-0.15, -0.1) is 0 Å². The zero-order valence-corrected chi connectivity index (χ0v) is 11.0. The second-order valence-electron chi connectivity index (χ2n) is 3.95. The number of aryl methyl sites for hydroxylation is 1. The summed E-state index contributed by atoms with van der Waals surface area (Å²) in [4.78, 5) is 0. The quantitative estimate of drug-likeness (QED) is 0.529. The van der Waals surface area contributed by atoms with Gasteiger partial charge >= 0.3 is 0 Å². The molecule has 0 saturated carbocycles. The van der Waals surface area contributed by atoms with Gasteiger partial charge in [0.05, 0.1) is 6.61 Å². The molecule has 0 unspecified atom stereocenters. The second-order valence-corrected chi connectivity index (χ2v) is 4.39. The van der Waals surface area contributed by atoms with Gasteiger partial charge in [-0.25, -0.2) is 0 Å². The Morgan fingerprint density at radius 3 is 2.56 bits per heavy atom. The Morgan fingerprint density at radius 1 is 1.06 bits per heavy atom. The Bertz CT molecular complexity index is 286. The van der Waals surface area contributed by atoms with Crippen molar-refractivity contribution in [3.8, 4) is 5.75 Å². The van der Waals surface area contributed by atoms with E-state index in [1.165, 1.54) is 24.8 Å². The average molecular weight is 238 g/mol. The first-order valence-corrected chi connectivity index (χ1v) is 6.83. The maximum atomic E-state index is 5.79. The average Bonchev–Trinajstić information content (AvgIpc) is 2.34. The van der Waals surface area contributed by atoms with Crippen molar-refractivity contribution >= 4 is 12.6 Å². The number of para-hydroxylation sites is 1. The molecule has 0 atom stereocenters. The topological polar surface area (TPSA) is 9.23 Å². The highest BCUT2D eigenvalue weighted by atomic mass is 32.1. The molecule has 1 rings (SSSR count). The van der Waals surface area contributed by atoms with Gasteiger partial charge in [-0.2, -0.15) is 12.6 Å². The van der Waals surface area contributed by atoms with Crippen LogP contribution in [0.5, 0.6) is 5.75 Å². The minimum absolute atomic E-state index is 0.837. The molecule has 0 saturated heterocycles. The predicted octanol–water partition coefficient (Wildman–Crippen LogP) is 4.12. The summed E-state index contributed by atoms with van der Waals surface area (Å²) in [5.74, 6) is 2.05. The minimum Gasteiger partial charge on any atom is -0.493 e. The summed E-state index contributed by atoms with van der Waals surface area (Å²) in [6.45, 7) is 3.00. The van der Waals surface area contributed by atoms with Crippen molar-refractivity contribution in [3.63, 3.8) is 0 Å². The molecule has 0 N–H and O–H groups in total. The molecule has 1 aromatic rings. The molecule has 0 radical (unpaired) electrons. The van der Waals surface area contributed by atoms with Crippen molar-refractivity contribution in [1.29, 1.82) is 0 Å². The van der Waals surface area contributed by atoms with E-state index in [1.807, 2.05) is 6.07 Å². The van der Waals surface area contributed by atoms with Crippen LogP contribution in [0.4, 0.5) is 0 Å². The lowest BCUT2D eigenvalue weighted by Gasteiger charge is -2.09. The Hall–Kier alpha value is -0.630. The van der Waals surface area contributed by atoms with Gasteiger partial charge in [0.25, 0.3) is 0 Å². The van der Waals surface area contributed by atoms with Crippen LogP contribution in [0.25, 0.3) is 0 Å². The van der Waals surface area contributed by atoms with Crippen molar-refractivity contribution in [2.24, 2.45) is 0 Å². The first-order chi connectivity index (χ1) is 7.88. The summed E-state index contributed by atoms with van der Waals surface area (Å²) in [7, 11) is 0. The lowest BCUT2D eigenvalue weighted by atomic mass is 10.1. The summed E-state index contributed by atoms with van der Waals surface area (Å²) >= 11 is 4.20. The van der Waals surface area contributed by atoms with Crippen LogP contribution in [0.1, 0.15) is 38.2 Å². The number of ether oxygens (including phenoxy) is 1. The summed E-state index contributed by atoms with van der Waals surface area (Å²) in [5, 5.41) is 0. The van der Waals surface area contributed by atoms with E-state index < -0.39 is 0 Å². The summed E-state index contributed by atoms with van der Waals surface area (Å²) in [5.41, 5.74) is 1.30. The fraction of sp³-hybridized carbons (Fsp3) is 0.571. The van der Waals surface area contributed by atoms with E-state index in [1.54, 1.807) is 0 Å². The largest absolute Gasteiger partial charge is 0.493 e. The van der Waals surface area contributed by atoms with Crippen LogP contribution in [-0.4, -0.2) is 12.4 Å². The van der Waals surface area contributed by atoms with Gasteiger partial charge < -0.3 is 4.74 Å². The Morgan fingerprint density at radius 2 is 1.81 bits per heavy atom. The molecule has 0 amide bonds. The molecular formula is C14H22OS. The Labute approximate surface area is 105 Å².